The smallest absolute Gasteiger partial charge is 0.338 e. The molecule has 0 amide bonds. The lowest BCUT2D eigenvalue weighted by Crippen LogP contribution is -2.31. The first-order valence-corrected chi connectivity index (χ1v) is 7.36. The van der Waals surface area contributed by atoms with Crippen LogP contribution in [0.4, 0.5) is 5.69 Å². The highest BCUT2D eigenvalue weighted by atomic mass is 17.1. The molecule has 1 aromatic rings. The van der Waals surface area contributed by atoms with Gasteiger partial charge in [-0.3, -0.25) is 30.9 Å². The van der Waals surface area contributed by atoms with E-state index < -0.39 is 27.8 Å². The molecule has 146 valence electrons. The summed E-state index contributed by atoms with van der Waals surface area (Å²) in [6.07, 6.45) is 0.140. The molecule has 13 heteroatoms. The maximum Gasteiger partial charge on any atom is 0.338 e. The Balaban J connectivity index is 2.30. The van der Waals surface area contributed by atoms with Crippen molar-refractivity contribution in [2.24, 2.45) is 0 Å². The summed E-state index contributed by atoms with van der Waals surface area (Å²) in [5.41, 5.74) is 0.0355. The molecular formula is C13H19N3O10. The molecule has 1 atom stereocenters. The predicted molar refractivity (Wildman–Crippen MR) is 78.9 cm³/mol. The van der Waals surface area contributed by atoms with Crippen LogP contribution < -0.4 is 0 Å². The molecule has 0 saturated heterocycles. The summed E-state index contributed by atoms with van der Waals surface area (Å²) >= 11 is 0. The number of hydrogen-bond acceptors (Lipinski definition) is 12. The number of carbonyl (C=O) groups excluding carboxylic acids is 1. The van der Waals surface area contributed by atoms with Gasteiger partial charge < -0.3 is 4.74 Å². The predicted octanol–water partition coefficient (Wildman–Crippen LogP) is 1.31. The van der Waals surface area contributed by atoms with Crippen LogP contribution in [0.25, 0.3) is 0 Å². The summed E-state index contributed by atoms with van der Waals surface area (Å²) in [6.45, 7) is -0.329. The van der Waals surface area contributed by atoms with Crippen LogP contribution in [-0.4, -0.2) is 61.8 Å². The average Bonchev–Trinajstić information content (AvgIpc) is 2.58. The number of nitro groups is 1. The monoisotopic (exact) mass is 377 g/mol. The van der Waals surface area contributed by atoms with Gasteiger partial charge in [0.25, 0.3) is 5.69 Å². The molecule has 0 radical (unpaired) electrons. The summed E-state index contributed by atoms with van der Waals surface area (Å²) in [5, 5.41) is 43.6. The van der Waals surface area contributed by atoms with E-state index in [1.807, 2.05) is 0 Å². The van der Waals surface area contributed by atoms with E-state index in [-0.39, 0.29) is 30.9 Å². The molecule has 0 bridgehead atoms. The molecule has 0 saturated carbocycles. The largest absolute Gasteiger partial charge is 0.462 e. The first-order chi connectivity index (χ1) is 12.3. The zero-order chi connectivity index (χ0) is 19.5. The van der Waals surface area contributed by atoms with Crippen LogP contribution in [0.1, 0.15) is 29.6 Å². The van der Waals surface area contributed by atoms with Gasteiger partial charge in [-0.05, 0) is 31.4 Å². The van der Waals surface area contributed by atoms with Crippen molar-refractivity contribution in [3.05, 3.63) is 39.9 Å². The molecule has 0 heterocycles. The minimum atomic E-state index is -0.905. The number of nitro benzene ring substituents is 1. The van der Waals surface area contributed by atoms with E-state index in [4.69, 9.17) is 25.6 Å². The molecule has 0 aliphatic heterocycles. The molecular weight excluding hydrogens is 358 g/mol. The Hall–Kier alpha value is -2.23. The number of hydrogen-bond donors (Lipinski definition) is 4. The second-order valence-electron chi connectivity index (χ2n) is 4.96. The molecule has 26 heavy (non-hydrogen) atoms. The summed E-state index contributed by atoms with van der Waals surface area (Å²) in [5.74, 6) is -0.635. The van der Waals surface area contributed by atoms with Crippen molar-refractivity contribution < 1.29 is 45.0 Å². The molecule has 0 aromatic heterocycles. The standard InChI is InChI=1S/C13H19N3O10/c17-13(10-4-6-11(7-5-10)14(18)19)24-8-2-1-3-12(26-16(22)23)9-25-15(20)21/h4-7,12,20-23H,1-3,8-9H2. The zero-order valence-corrected chi connectivity index (χ0v) is 13.5. The third kappa shape index (κ3) is 8.75. The van der Waals surface area contributed by atoms with Gasteiger partial charge in [-0.15, -0.1) is 0 Å². The highest BCUT2D eigenvalue weighted by Gasteiger charge is 2.15. The zero-order valence-electron chi connectivity index (χ0n) is 13.5. The van der Waals surface area contributed by atoms with E-state index in [9.17, 15) is 14.9 Å². The minimum absolute atomic E-state index is 0.0531. The van der Waals surface area contributed by atoms with Gasteiger partial charge in [-0.25, -0.2) is 14.5 Å². The Bertz CT molecular complexity index is 566. The van der Waals surface area contributed by atoms with Gasteiger partial charge in [0.05, 0.1) is 27.9 Å². The van der Waals surface area contributed by atoms with E-state index in [1.54, 1.807) is 0 Å². The van der Waals surface area contributed by atoms with Crippen LogP contribution in [0.15, 0.2) is 24.3 Å². The fourth-order valence-corrected chi connectivity index (χ4v) is 1.89. The maximum atomic E-state index is 11.8. The van der Waals surface area contributed by atoms with E-state index in [0.717, 1.165) is 0 Å². The maximum absolute atomic E-state index is 11.8. The van der Waals surface area contributed by atoms with Crippen LogP contribution in [0.2, 0.25) is 0 Å². The molecule has 13 nitrogen and oxygen atoms in total. The van der Waals surface area contributed by atoms with Crippen molar-refractivity contribution in [1.29, 1.82) is 0 Å². The first kappa shape index (κ1) is 21.8. The summed E-state index contributed by atoms with van der Waals surface area (Å²) in [6, 6.07) is 4.96. The molecule has 4 N–H and O–H groups in total. The Morgan fingerprint density at radius 3 is 2.31 bits per heavy atom. The number of benzene rings is 1. The summed E-state index contributed by atoms with van der Waals surface area (Å²) in [7, 11) is 0. The number of nitrogens with zero attached hydrogens (tertiary/aromatic N) is 3. The quantitative estimate of drug-likeness (QED) is 0.178. The number of carbonyl (C=O) groups is 1. The number of non-ortho nitro benzene ring substituents is 1. The van der Waals surface area contributed by atoms with Crippen LogP contribution in [0.5, 0.6) is 0 Å². The molecule has 0 aliphatic carbocycles. The lowest BCUT2D eigenvalue weighted by atomic mass is 10.1. The Labute approximate surface area is 147 Å². The summed E-state index contributed by atoms with van der Waals surface area (Å²) < 4.78 is 5.01. The van der Waals surface area contributed by atoms with E-state index in [1.165, 1.54) is 24.3 Å². The van der Waals surface area contributed by atoms with Crippen LogP contribution >= 0.6 is 0 Å². The van der Waals surface area contributed by atoms with Gasteiger partial charge in [-0.2, -0.15) is 0 Å². The normalized spacial score (nSPS) is 12.4. The van der Waals surface area contributed by atoms with Crippen molar-refractivity contribution in [2.45, 2.75) is 25.4 Å². The second-order valence-corrected chi connectivity index (χ2v) is 4.96. The number of esters is 1. The SMILES string of the molecule is O=C(OCCCCC(CON(O)O)ON(O)O)c1ccc([N+](=O)[O-])cc1. The molecule has 1 rings (SSSR count). The second kappa shape index (κ2) is 11.4. The third-order valence-electron chi connectivity index (χ3n) is 3.09. The van der Waals surface area contributed by atoms with Crippen molar-refractivity contribution in [3.63, 3.8) is 0 Å². The first-order valence-electron chi connectivity index (χ1n) is 7.36. The molecule has 0 fully saturated rings. The lowest BCUT2D eigenvalue weighted by Gasteiger charge is -2.18. The number of ether oxygens (including phenoxy) is 1. The Morgan fingerprint density at radius 2 is 1.77 bits per heavy atom. The number of unbranched alkanes of at least 4 members (excludes halogenated alkanes) is 1. The van der Waals surface area contributed by atoms with Crippen molar-refractivity contribution in [3.8, 4) is 0 Å². The van der Waals surface area contributed by atoms with Crippen molar-refractivity contribution in [1.82, 2.24) is 10.8 Å². The van der Waals surface area contributed by atoms with Crippen LogP contribution in [-0.2, 0) is 14.4 Å². The van der Waals surface area contributed by atoms with E-state index in [0.29, 0.717) is 12.8 Å². The van der Waals surface area contributed by atoms with Crippen LogP contribution in [0, 0.1) is 10.1 Å². The molecule has 0 spiro atoms. The van der Waals surface area contributed by atoms with Gasteiger partial charge in [0, 0.05) is 12.1 Å². The highest BCUT2D eigenvalue weighted by molar-refractivity contribution is 5.89. The fourth-order valence-electron chi connectivity index (χ4n) is 1.89. The van der Waals surface area contributed by atoms with Crippen molar-refractivity contribution in [2.75, 3.05) is 13.2 Å². The fraction of sp³-hybridized carbons (Fsp3) is 0.462. The Morgan fingerprint density at radius 1 is 1.12 bits per heavy atom. The minimum Gasteiger partial charge on any atom is -0.462 e. The topological polar surface area (TPSA) is 175 Å². The summed E-state index contributed by atoms with van der Waals surface area (Å²) in [4.78, 5) is 30.6. The van der Waals surface area contributed by atoms with Crippen molar-refractivity contribution >= 4 is 11.7 Å². The molecule has 1 unspecified atom stereocenters. The van der Waals surface area contributed by atoms with Gasteiger partial charge in [0.2, 0.25) is 0 Å². The lowest BCUT2D eigenvalue weighted by molar-refractivity contribution is -0.527. The van der Waals surface area contributed by atoms with Gasteiger partial charge >= 0.3 is 5.97 Å². The molecule has 0 aliphatic rings. The van der Waals surface area contributed by atoms with E-state index in [2.05, 4.69) is 9.68 Å². The van der Waals surface area contributed by atoms with Crippen LogP contribution in [0.3, 0.4) is 0 Å². The number of rotatable bonds is 12. The third-order valence-corrected chi connectivity index (χ3v) is 3.09. The molecule has 1 aromatic carbocycles. The highest BCUT2D eigenvalue weighted by Crippen LogP contribution is 2.13. The van der Waals surface area contributed by atoms with E-state index >= 15 is 0 Å². The average molecular weight is 377 g/mol. The van der Waals surface area contributed by atoms with Gasteiger partial charge in [0.15, 0.2) is 0 Å². The Kier molecular flexibility index (Phi) is 9.56. The van der Waals surface area contributed by atoms with Gasteiger partial charge in [0.1, 0.15) is 12.7 Å². The van der Waals surface area contributed by atoms with Gasteiger partial charge in [-0.1, -0.05) is 0 Å².